The lowest BCUT2D eigenvalue weighted by atomic mass is 10.1. The van der Waals surface area contributed by atoms with E-state index in [0.29, 0.717) is 16.1 Å². The van der Waals surface area contributed by atoms with Gasteiger partial charge in [-0.15, -0.1) is 0 Å². The SMILES string of the molecule is NC(=S)c1ccc(N2CCN3CCCC3C2)cc1Cl. The highest BCUT2D eigenvalue weighted by Crippen LogP contribution is 2.28. The molecular formula is C14H18ClN3S. The van der Waals surface area contributed by atoms with Gasteiger partial charge in [-0.1, -0.05) is 23.8 Å². The van der Waals surface area contributed by atoms with Crippen molar-refractivity contribution in [1.29, 1.82) is 0 Å². The third-order valence-corrected chi connectivity index (χ3v) is 4.70. The van der Waals surface area contributed by atoms with Crippen molar-refractivity contribution in [3.05, 3.63) is 28.8 Å². The van der Waals surface area contributed by atoms with E-state index in [2.05, 4.69) is 15.9 Å². The van der Waals surface area contributed by atoms with Crippen molar-refractivity contribution < 1.29 is 0 Å². The summed E-state index contributed by atoms with van der Waals surface area (Å²) in [5.74, 6) is 0. The Morgan fingerprint density at radius 2 is 2.16 bits per heavy atom. The van der Waals surface area contributed by atoms with E-state index in [1.54, 1.807) is 0 Å². The molecule has 1 unspecified atom stereocenters. The van der Waals surface area contributed by atoms with Gasteiger partial charge in [-0.25, -0.2) is 0 Å². The zero-order chi connectivity index (χ0) is 13.4. The largest absolute Gasteiger partial charge is 0.389 e. The Morgan fingerprint density at radius 1 is 1.32 bits per heavy atom. The topological polar surface area (TPSA) is 32.5 Å². The number of thiocarbonyl (C=S) groups is 1. The molecular weight excluding hydrogens is 278 g/mol. The van der Waals surface area contributed by atoms with Crippen LogP contribution in [-0.2, 0) is 0 Å². The molecule has 2 fully saturated rings. The molecule has 2 aliphatic rings. The van der Waals surface area contributed by atoms with Crippen LogP contribution in [0, 0.1) is 0 Å². The summed E-state index contributed by atoms with van der Waals surface area (Å²) >= 11 is 11.2. The molecule has 2 aliphatic heterocycles. The van der Waals surface area contributed by atoms with Crippen molar-refractivity contribution in [3.8, 4) is 0 Å². The molecule has 1 atom stereocenters. The third-order valence-electron chi connectivity index (χ3n) is 4.17. The van der Waals surface area contributed by atoms with Crippen LogP contribution in [0.15, 0.2) is 18.2 Å². The summed E-state index contributed by atoms with van der Waals surface area (Å²) in [6, 6.07) is 6.70. The lowest BCUT2D eigenvalue weighted by molar-refractivity contribution is 0.231. The van der Waals surface area contributed by atoms with Crippen molar-refractivity contribution in [2.24, 2.45) is 5.73 Å². The van der Waals surface area contributed by atoms with Gasteiger partial charge in [-0.3, -0.25) is 4.90 Å². The van der Waals surface area contributed by atoms with Crippen LogP contribution in [0.4, 0.5) is 5.69 Å². The highest BCUT2D eigenvalue weighted by atomic mass is 35.5. The summed E-state index contributed by atoms with van der Waals surface area (Å²) in [6.45, 7) is 4.58. The number of piperazine rings is 1. The molecule has 0 bridgehead atoms. The average molecular weight is 296 g/mol. The molecule has 0 aromatic heterocycles. The van der Waals surface area contributed by atoms with E-state index in [1.807, 2.05) is 12.1 Å². The van der Waals surface area contributed by atoms with Gasteiger partial charge < -0.3 is 10.6 Å². The van der Waals surface area contributed by atoms with Gasteiger partial charge in [0, 0.05) is 36.9 Å². The number of nitrogens with two attached hydrogens (primary N) is 1. The standard InChI is InChI=1S/C14H18ClN3S/c15-13-8-10(3-4-12(13)14(16)19)18-7-6-17-5-1-2-11(17)9-18/h3-4,8,11H,1-2,5-7,9H2,(H2,16,19). The van der Waals surface area contributed by atoms with Crippen molar-refractivity contribution in [3.63, 3.8) is 0 Å². The Bertz CT molecular complexity index is 505. The lowest BCUT2D eigenvalue weighted by Crippen LogP contribution is -2.50. The zero-order valence-corrected chi connectivity index (χ0v) is 12.4. The molecule has 0 radical (unpaired) electrons. The molecule has 0 saturated carbocycles. The molecule has 0 spiro atoms. The molecule has 2 saturated heterocycles. The van der Waals surface area contributed by atoms with Gasteiger partial charge in [-0.05, 0) is 37.6 Å². The van der Waals surface area contributed by atoms with Crippen molar-refractivity contribution in [2.45, 2.75) is 18.9 Å². The Balaban J connectivity index is 1.79. The van der Waals surface area contributed by atoms with E-state index in [9.17, 15) is 0 Å². The van der Waals surface area contributed by atoms with E-state index in [4.69, 9.17) is 29.6 Å². The number of hydrogen-bond donors (Lipinski definition) is 1. The first kappa shape index (κ1) is 13.2. The van der Waals surface area contributed by atoms with Crippen LogP contribution in [0.25, 0.3) is 0 Å². The smallest absolute Gasteiger partial charge is 0.105 e. The molecule has 5 heteroatoms. The van der Waals surface area contributed by atoms with Crippen LogP contribution < -0.4 is 10.6 Å². The summed E-state index contributed by atoms with van der Waals surface area (Å²) in [6.07, 6.45) is 2.65. The minimum Gasteiger partial charge on any atom is -0.389 e. The molecule has 19 heavy (non-hydrogen) atoms. The molecule has 0 amide bonds. The number of fused-ring (bicyclic) bond motifs is 1. The van der Waals surface area contributed by atoms with Crippen LogP contribution in [-0.4, -0.2) is 42.1 Å². The van der Waals surface area contributed by atoms with Crippen LogP contribution in [0.2, 0.25) is 5.02 Å². The van der Waals surface area contributed by atoms with Gasteiger partial charge in [0.05, 0.1) is 5.02 Å². The van der Waals surface area contributed by atoms with Crippen LogP contribution in [0.1, 0.15) is 18.4 Å². The lowest BCUT2D eigenvalue weighted by Gasteiger charge is -2.39. The summed E-state index contributed by atoms with van der Waals surface area (Å²) in [4.78, 5) is 5.38. The third kappa shape index (κ3) is 2.57. The molecule has 2 heterocycles. The quantitative estimate of drug-likeness (QED) is 0.849. The maximum atomic E-state index is 6.25. The predicted molar refractivity (Wildman–Crippen MR) is 84.1 cm³/mol. The summed E-state index contributed by atoms with van der Waals surface area (Å²) in [7, 11) is 0. The molecule has 1 aromatic rings. The predicted octanol–water partition coefficient (Wildman–Crippen LogP) is 2.26. The van der Waals surface area contributed by atoms with Crippen LogP contribution in [0.3, 0.4) is 0 Å². The number of nitrogens with zero attached hydrogens (tertiary/aromatic N) is 2. The molecule has 3 rings (SSSR count). The van der Waals surface area contributed by atoms with Crippen LogP contribution in [0.5, 0.6) is 0 Å². The first-order valence-corrected chi connectivity index (χ1v) is 7.52. The molecule has 102 valence electrons. The van der Waals surface area contributed by atoms with Gasteiger partial charge in [0.15, 0.2) is 0 Å². The summed E-state index contributed by atoms with van der Waals surface area (Å²) in [5.41, 5.74) is 7.58. The number of anilines is 1. The highest BCUT2D eigenvalue weighted by molar-refractivity contribution is 7.80. The second-order valence-electron chi connectivity index (χ2n) is 5.31. The molecule has 1 aromatic carbocycles. The minimum atomic E-state index is 0.358. The monoisotopic (exact) mass is 295 g/mol. The summed E-state index contributed by atoms with van der Waals surface area (Å²) in [5, 5.41) is 0.652. The van der Waals surface area contributed by atoms with Crippen LogP contribution >= 0.6 is 23.8 Å². The molecule has 0 aliphatic carbocycles. The number of rotatable bonds is 2. The maximum absolute atomic E-state index is 6.25. The van der Waals surface area contributed by atoms with Gasteiger partial charge in [0.25, 0.3) is 0 Å². The summed E-state index contributed by atoms with van der Waals surface area (Å²) < 4.78 is 0. The normalized spacial score (nSPS) is 23.4. The van der Waals surface area contributed by atoms with E-state index < -0.39 is 0 Å². The number of hydrogen-bond acceptors (Lipinski definition) is 3. The van der Waals surface area contributed by atoms with Gasteiger partial charge in [-0.2, -0.15) is 0 Å². The fraction of sp³-hybridized carbons (Fsp3) is 0.500. The van der Waals surface area contributed by atoms with Crippen molar-refractivity contribution >= 4 is 34.5 Å². The fourth-order valence-electron chi connectivity index (χ4n) is 3.13. The Hall–Kier alpha value is -0.840. The number of benzene rings is 1. The average Bonchev–Trinajstić information content (AvgIpc) is 2.85. The van der Waals surface area contributed by atoms with E-state index in [0.717, 1.165) is 25.2 Å². The minimum absolute atomic E-state index is 0.358. The maximum Gasteiger partial charge on any atom is 0.105 e. The van der Waals surface area contributed by atoms with E-state index in [1.165, 1.54) is 25.1 Å². The molecule has 2 N–H and O–H groups in total. The second-order valence-corrected chi connectivity index (χ2v) is 6.15. The van der Waals surface area contributed by atoms with E-state index >= 15 is 0 Å². The fourth-order valence-corrected chi connectivity index (χ4v) is 3.64. The van der Waals surface area contributed by atoms with Gasteiger partial charge in [0.2, 0.25) is 0 Å². The Kier molecular flexibility index (Phi) is 3.65. The highest BCUT2D eigenvalue weighted by Gasteiger charge is 2.30. The second kappa shape index (κ2) is 5.27. The van der Waals surface area contributed by atoms with Crippen molar-refractivity contribution in [2.75, 3.05) is 31.1 Å². The van der Waals surface area contributed by atoms with Gasteiger partial charge >= 0.3 is 0 Å². The Labute approximate surface area is 124 Å². The molecule has 3 nitrogen and oxygen atoms in total. The first-order valence-electron chi connectivity index (χ1n) is 6.73. The Morgan fingerprint density at radius 3 is 2.89 bits per heavy atom. The van der Waals surface area contributed by atoms with Gasteiger partial charge in [0.1, 0.15) is 4.99 Å². The van der Waals surface area contributed by atoms with E-state index in [-0.39, 0.29) is 0 Å². The number of halogens is 1. The zero-order valence-electron chi connectivity index (χ0n) is 10.8. The van der Waals surface area contributed by atoms with Crippen molar-refractivity contribution in [1.82, 2.24) is 4.90 Å². The first-order chi connectivity index (χ1) is 9.15.